The van der Waals surface area contributed by atoms with Crippen molar-refractivity contribution in [3.63, 3.8) is 0 Å². The van der Waals surface area contributed by atoms with Crippen LogP contribution in [-0.2, 0) is 6.54 Å². The Hall–Kier alpha value is -2.39. The van der Waals surface area contributed by atoms with Crippen LogP contribution in [0.3, 0.4) is 0 Å². The highest BCUT2D eigenvalue weighted by Crippen LogP contribution is 2.20. The fourth-order valence-corrected chi connectivity index (χ4v) is 2.32. The van der Waals surface area contributed by atoms with Crippen molar-refractivity contribution < 1.29 is 14.3 Å². The van der Waals surface area contributed by atoms with Gasteiger partial charge in [-0.1, -0.05) is 0 Å². The number of carboxylic acid groups (broad SMARTS) is 1. The third-order valence-electron chi connectivity index (χ3n) is 2.43. The molecule has 0 saturated heterocycles. The van der Waals surface area contributed by atoms with Crippen molar-refractivity contribution in [3.05, 3.63) is 51.5 Å². The van der Waals surface area contributed by atoms with Crippen LogP contribution >= 0.6 is 11.3 Å². The third-order valence-corrected chi connectivity index (χ3v) is 3.50. The summed E-state index contributed by atoms with van der Waals surface area (Å²) in [5, 5.41) is 20.7. The van der Waals surface area contributed by atoms with Crippen LogP contribution in [0.5, 0.6) is 0 Å². The number of carbonyl (C=O) groups is 1. The largest absolute Gasteiger partial charge is 0.477 e. The van der Waals surface area contributed by atoms with Crippen LogP contribution in [0.1, 0.15) is 20.1 Å². The molecule has 0 fully saturated rings. The first-order valence-corrected chi connectivity index (χ1v) is 6.17. The molecule has 0 aliphatic rings. The lowest BCUT2D eigenvalue weighted by molar-refractivity contribution is 0.0702. The Labute approximate surface area is 112 Å². The molecular weight excluding hydrogens is 267 g/mol. The molecule has 6 heteroatoms. The minimum Gasteiger partial charge on any atom is -0.477 e. The maximum atomic E-state index is 12.9. The van der Waals surface area contributed by atoms with E-state index >= 15 is 0 Å². The molecule has 2 N–H and O–H groups in total. The smallest absolute Gasteiger partial charge is 0.345 e. The van der Waals surface area contributed by atoms with Crippen molar-refractivity contribution in [1.29, 1.82) is 5.26 Å². The minimum absolute atomic E-state index is 0.218. The van der Waals surface area contributed by atoms with Gasteiger partial charge < -0.3 is 10.4 Å². The summed E-state index contributed by atoms with van der Waals surface area (Å²) in [5.41, 5.74) is 0.740. The summed E-state index contributed by atoms with van der Waals surface area (Å²) in [7, 11) is 0. The summed E-state index contributed by atoms with van der Waals surface area (Å²) in [4.78, 5) is 11.8. The Bertz CT molecular complexity index is 661. The number of hydrogen-bond acceptors (Lipinski definition) is 4. The summed E-state index contributed by atoms with van der Waals surface area (Å²) in [6.45, 7) is 0.387. The van der Waals surface area contributed by atoms with Crippen LogP contribution in [0, 0.1) is 17.1 Å². The fraction of sp³-hybridized carbons (Fsp3) is 0.0769. The van der Waals surface area contributed by atoms with Crippen molar-refractivity contribution in [2.24, 2.45) is 0 Å². The van der Waals surface area contributed by atoms with Gasteiger partial charge in [0.05, 0.1) is 11.3 Å². The lowest BCUT2D eigenvalue weighted by Gasteiger charge is -2.06. The molecule has 1 aromatic carbocycles. The zero-order valence-corrected chi connectivity index (χ0v) is 10.5. The highest BCUT2D eigenvalue weighted by molar-refractivity contribution is 7.13. The molecule has 0 unspecified atom stereocenters. The number of nitrogens with one attached hydrogen (secondary N) is 1. The van der Waals surface area contributed by atoms with Crippen LogP contribution in [0.2, 0.25) is 0 Å². The second kappa shape index (κ2) is 5.50. The summed E-state index contributed by atoms with van der Waals surface area (Å²) in [6.07, 6.45) is 0. The van der Waals surface area contributed by atoms with Gasteiger partial charge in [0.1, 0.15) is 16.8 Å². The van der Waals surface area contributed by atoms with Gasteiger partial charge in [0, 0.05) is 11.4 Å². The van der Waals surface area contributed by atoms with Crippen LogP contribution in [0.25, 0.3) is 0 Å². The summed E-state index contributed by atoms with van der Waals surface area (Å²) in [6, 6.07) is 9.04. The number of rotatable bonds is 4. The topological polar surface area (TPSA) is 73.1 Å². The predicted octanol–water partition coefficient (Wildman–Crippen LogP) is 3.07. The SMILES string of the molecule is N#Cc1cc(F)ccc1NCc1ccc(C(=O)O)s1. The number of benzene rings is 1. The molecule has 0 bridgehead atoms. The molecule has 96 valence electrons. The lowest BCUT2D eigenvalue weighted by atomic mass is 10.2. The number of anilines is 1. The minimum atomic E-state index is -0.962. The quantitative estimate of drug-likeness (QED) is 0.900. The molecule has 0 saturated carbocycles. The molecule has 19 heavy (non-hydrogen) atoms. The standard InChI is InChI=1S/C13H9FN2O2S/c14-9-1-3-11(8(5-9)6-15)16-7-10-2-4-12(19-10)13(17)18/h1-5,16H,7H2,(H,17,18). The Morgan fingerprint density at radius 1 is 1.42 bits per heavy atom. The van der Waals surface area contributed by atoms with Gasteiger partial charge in [0.2, 0.25) is 0 Å². The van der Waals surface area contributed by atoms with Crippen LogP contribution in [-0.4, -0.2) is 11.1 Å². The average Bonchev–Trinajstić information content (AvgIpc) is 2.86. The molecule has 2 aromatic rings. The molecule has 4 nitrogen and oxygen atoms in total. The van der Waals surface area contributed by atoms with Crippen LogP contribution in [0.15, 0.2) is 30.3 Å². The molecule has 0 spiro atoms. The van der Waals surface area contributed by atoms with E-state index in [1.165, 1.54) is 18.2 Å². The van der Waals surface area contributed by atoms with E-state index in [9.17, 15) is 9.18 Å². The number of nitriles is 1. The second-order valence-corrected chi connectivity index (χ2v) is 4.89. The predicted molar refractivity (Wildman–Crippen MR) is 69.7 cm³/mol. The number of nitrogens with zero attached hydrogens (tertiary/aromatic N) is 1. The molecule has 1 heterocycles. The van der Waals surface area contributed by atoms with Crippen molar-refractivity contribution >= 4 is 23.0 Å². The molecule has 0 atom stereocenters. The molecule has 0 radical (unpaired) electrons. The zero-order chi connectivity index (χ0) is 13.8. The van der Waals surface area contributed by atoms with E-state index in [1.54, 1.807) is 6.07 Å². The fourth-order valence-electron chi connectivity index (χ4n) is 1.53. The van der Waals surface area contributed by atoms with Crippen molar-refractivity contribution in [2.45, 2.75) is 6.54 Å². The van der Waals surface area contributed by atoms with Gasteiger partial charge in [-0.25, -0.2) is 9.18 Å². The van der Waals surface area contributed by atoms with E-state index in [2.05, 4.69) is 5.32 Å². The van der Waals surface area contributed by atoms with E-state index in [0.29, 0.717) is 12.2 Å². The first-order valence-electron chi connectivity index (χ1n) is 5.35. The van der Waals surface area contributed by atoms with Crippen LogP contribution in [0.4, 0.5) is 10.1 Å². The third kappa shape index (κ3) is 3.09. The Kier molecular flexibility index (Phi) is 3.78. The molecule has 0 aliphatic carbocycles. The highest BCUT2D eigenvalue weighted by Gasteiger charge is 2.08. The summed E-state index contributed by atoms with van der Waals surface area (Å²) in [5.74, 6) is -1.43. The normalized spacial score (nSPS) is 9.89. The lowest BCUT2D eigenvalue weighted by Crippen LogP contribution is -2.00. The van der Waals surface area contributed by atoms with Gasteiger partial charge in [0.15, 0.2) is 0 Å². The Morgan fingerprint density at radius 2 is 2.21 bits per heavy atom. The van der Waals surface area contributed by atoms with Gasteiger partial charge >= 0.3 is 5.97 Å². The number of aromatic carboxylic acids is 1. The van der Waals surface area contributed by atoms with Gasteiger partial charge in [-0.3, -0.25) is 0 Å². The first kappa shape index (κ1) is 13.1. The zero-order valence-electron chi connectivity index (χ0n) is 9.68. The first-order chi connectivity index (χ1) is 9.10. The van der Waals surface area contributed by atoms with Gasteiger partial charge in [0.25, 0.3) is 0 Å². The second-order valence-electron chi connectivity index (χ2n) is 3.73. The summed E-state index contributed by atoms with van der Waals surface area (Å²) < 4.78 is 12.9. The number of halogens is 1. The molecule has 0 amide bonds. The van der Waals surface area contributed by atoms with Gasteiger partial charge in [-0.15, -0.1) is 11.3 Å². The maximum absolute atomic E-state index is 12.9. The average molecular weight is 276 g/mol. The molecule has 2 rings (SSSR count). The Balaban J connectivity index is 2.10. The van der Waals surface area contributed by atoms with E-state index in [-0.39, 0.29) is 10.4 Å². The maximum Gasteiger partial charge on any atom is 0.345 e. The van der Waals surface area contributed by atoms with Crippen LogP contribution < -0.4 is 5.32 Å². The monoisotopic (exact) mass is 276 g/mol. The molecular formula is C13H9FN2O2S. The highest BCUT2D eigenvalue weighted by atomic mass is 32.1. The number of carboxylic acids is 1. The molecule has 0 aliphatic heterocycles. The van der Waals surface area contributed by atoms with Crippen molar-refractivity contribution in [1.82, 2.24) is 0 Å². The van der Waals surface area contributed by atoms with E-state index in [0.717, 1.165) is 22.3 Å². The Morgan fingerprint density at radius 3 is 2.84 bits per heavy atom. The van der Waals surface area contributed by atoms with E-state index in [1.807, 2.05) is 6.07 Å². The van der Waals surface area contributed by atoms with Gasteiger partial charge in [-0.2, -0.15) is 5.26 Å². The van der Waals surface area contributed by atoms with Crippen molar-refractivity contribution in [2.75, 3.05) is 5.32 Å². The number of hydrogen-bond donors (Lipinski definition) is 2. The molecule has 1 aromatic heterocycles. The summed E-state index contributed by atoms with van der Waals surface area (Å²) >= 11 is 1.16. The van der Waals surface area contributed by atoms with E-state index in [4.69, 9.17) is 10.4 Å². The van der Waals surface area contributed by atoms with Gasteiger partial charge in [-0.05, 0) is 30.3 Å². The number of thiophene rings is 1. The van der Waals surface area contributed by atoms with E-state index < -0.39 is 11.8 Å². The van der Waals surface area contributed by atoms with Crippen molar-refractivity contribution in [3.8, 4) is 6.07 Å².